The molecule has 0 aromatic heterocycles. The zero-order chi connectivity index (χ0) is 14.2. The third-order valence-corrected chi connectivity index (χ3v) is 3.36. The minimum atomic E-state index is -0.105. The van der Waals surface area contributed by atoms with Crippen molar-refractivity contribution in [3.05, 3.63) is 48.0 Å². The van der Waals surface area contributed by atoms with Gasteiger partial charge in [0.1, 0.15) is 6.61 Å². The summed E-state index contributed by atoms with van der Waals surface area (Å²) in [4.78, 5) is 11.7. The highest BCUT2D eigenvalue weighted by Crippen LogP contribution is 2.16. The van der Waals surface area contributed by atoms with Crippen molar-refractivity contribution in [3.63, 3.8) is 0 Å². The summed E-state index contributed by atoms with van der Waals surface area (Å²) in [6.45, 7) is 0.759. The van der Waals surface area contributed by atoms with Gasteiger partial charge in [0.15, 0.2) is 0 Å². The third-order valence-electron chi connectivity index (χ3n) is 3.36. The fourth-order valence-electron chi connectivity index (χ4n) is 2.27. The van der Waals surface area contributed by atoms with E-state index in [-0.39, 0.29) is 31.1 Å². The number of hydrogen-bond acceptors (Lipinski definition) is 3. The lowest BCUT2D eigenvalue weighted by Crippen LogP contribution is -2.35. The van der Waals surface area contributed by atoms with Crippen LogP contribution in [0.2, 0.25) is 0 Å². The maximum atomic E-state index is 11.7. The topological polar surface area (TPSA) is 58.6 Å². The van der Waals surface area contributed by atoms with Crippen LogP contribution in [0.1, 0.15) is 12.0 Å². The van der Waals surface area contributed by atoms with Crippen LogP contribution in [0.3, 0.4) is 0 Å². The Morgan fingerprint density at radius 2 is 2.10 bits per heavy atom. The van der Waals surface area contributed by atoms with E-state index < -0.39 is 0 Å². The molecule has 4 heteroatoms. The Morgan fingerprint density at radius 3 is 2.80 bits per heavy atom. The van der Waals surface area contributed by atoms with Crippen molar-refractivity contribution in [2.24, 2.45) is 5.92 Å². The summed E-state index contributed by atoms with van der Waals surface area (Å²) in [5, 5.41) is 11.9. The zero-order valence-electron chi connectivity index (χ0n) is 11.5. The van der Waals surface area contributed by atoms with Gasteiger partial charge in [-0.05, 0) is 18.4 Å². The monoisotopic (exact) mass is 275 g/mol. The molecule has 2 N–H and O–H groups in total. The molecule has 0 radical (unpaired) electrons. The van der Waals surface area contributed by atoms with Crippen LogP contribution in [0, 0.1) is 5.92 Å². The number of carbonyl (C=O) groups is 1. The number of carbonyl (C=O) groups excluding carboxylic acids is 1. The molecule has 0 fully saturated rings. The van der Waals surface area contributed by atoms with E-state index in [1.807, 2.05) is 42.5 Å². The average molecular weight is 275 g/mol. The van der Waals surface area contributed by atoms with E-state index in [0.717, 1.165) is 12.8 Å². The van der Waals surface area contributed by atoms with Gasteiger partial charge in [-0.3, -0.25) is 4.79 Å². The van der Waals surface area contributed by atoms with E-state index in [1.165, 1.54) is 5.56 Å². The number of ether oxygens (including phenoxy) is 1. The standard InChI is InChI=1S/C16H21NO3/c18-11-14-6-7-15(10-14)17-16(19)12-20-9-8-13-4-2-1-3-5-13/h1-7,14-15,18H,8-12H2,(H,17,19)/t14-,15+/m0/s1. The van der Waals surface area contributed by atoms with Gasteiger partial charge in [-0.25, -0.2) is 0 Å². The normalized spacial score (nSPS) is 21.1. The second-order valence-electron chi connectivity index (χ2n) is 5.03. The van der Waals surface area contributed by atoms with Gasteiger partial charge >= 0.3 is 0 Å². The average Bonchev–Trinajstić information content (AvgIpc) is 2.92. The Kier molecular flexibility index (Phi) is 5.77. The van der Waals surface area contributed by atoms with E-state index in [1.54, 1.807) is 0 Å². The van der Waals surface area contributed by atoms with Crippen molar-refractivity contribution in [2.45, 2.75) is 18.9 Å². The molecule has 108 valence electrons. The molecule has 0 heterocycles. The molecule has 1 aromatic carbocycles. The van der Waals surface area contributed by atoms with Crippen LogP contribution < -0.4 is 5.32 Å². The van der Waals surface area contributed by atoms with Crippen LogP contribution in [0.25, 0.3) is 0 Å². The molecule has 0 spiro atoms. The van der Waals surface area contributed by atoms with Crippen molar-refractivity contribution in [1.29, 1.82) is 0 Å². The Hall–Kier alpha value is -1.65. The van der Waals surface area contributed by atoms with Gasteiger partial charge in [-0.1, -0.05) is 42.5 Å². The van der Waals surface area contributed by atoms with Gasteiger partial charge in [0.05, 0.1) is 6.61 Å². The fourth-order valence-corrected chi connectivity index (χ4v) is 2.27. The first-order valence-corrected chi connectivity index (χ1v) is 6.98. The predicted molar refractivity (Wildman–Crippen MR) is 77.2 cm³/mol. The fraction of sp³-hybridized carbons (Fsp3) is 0.438. The van der Waals surface area contributed by atoms with Crippen LogP contribution >= 0.6 is 0 Å². The van der Waals surface area contributed by atoms with E-state index in [2.05, 4.69) is 5.32 Å². The number of hydrogen-bond donors (Lipinski definition) is 2. The molecule has 0 bridgehead atoms. The predicted octanol–water partition coefficient (Wildman–Crippen LogP) is 1.30. The summed E-state index contributed by atoms with van der Waals surface area (Å²) in [5.74, 6) is 0.0607. The molecule has 2 rings (SSSR count). The van der Waals surface area contributed by atoms with Crippen LogP contribution in [0.4, 0.5) is 0 Å². The molecule has 1 aliphatic carbocycles. The van der Waals surface area contributed by atoms with E-state index in [9.17, 15) is 4.79 Å². The first-order valence-electron chi connectivity index (χ1n) is 6.98. The SMILES string of the molecule is O=C(COCCc1ccccc1)N[C@@H]1C=C[C@H](CO)C1. The molecule has 0 saturated carbocycles. The van der Waals surface area contributed by atoms with Crippen LogP contribution in [0.5, 0.6) is 0 Å². The summed E-state index contributed by atoms with van der Waals surface area (Å²) in [6, 6.07) is 10.1. The number of amides is 1. The second-order valence-corrected chi connectivity index (χ2v) is 5.03. The van der Waals surface area contributed by atoms with Crippen molar-refractivity contribution in [1.82, 2.24) is 5.32 Å². The number of benzene rings is 1. The Bertz CT molecular complexity index is 444. The summed E-state index contributed by atoms with van der Waals surface area (Å²) >= 11 is 0. The molecule has 1 aliphatic rings. The molecule has 0 aliphatic heterocycles. The zero-order valence-corrected chi connectivity index (χ0v) is 11.5. The molecule has 1 aromatic rings. The van der Waals surface area contributed by atoms with Gasteiger partial charge in [-0.2, -0.15) is 0 Å². The smallest absolute Gasteiger partial charge is 0.246 e. The highest BCUT2D eigenvalue weighted by molar-refractivity contribution is 5.77. The minimum Gasteiger partial charge on any atom is -0.396 e. The van der Waals surface area contributed by atoms with Crippen LogP contribution in [-0.2, 0) is 16.0 Å². The molecule has 20 heavy (non-hydrogen) atoms. The van der Waals surface area contributed by atoms with Gasteiger partial charge in [0.25, 0.3) is 0 Å². The van der Waals surface area contributed by atoms with Crippen LogP contribution in [-0.4, -0.2) is 36.9 Å². The number of aliphatic hydroxyl groups excluding tert-OH is 1. The molecule has 1 amide bonds. The number of rotatable bonds is 7. The second kappa shape index (κ2) is 7.82. The molecule has 4 nitrogen and oxygen atoms in total. The molecule has 2 atom stereocenters. The Balaban J connectivity index is 1.58. The van der Waals surface area contributed by atoms with Gasteiger partial charge in [0.2, 0.25) is 5.91 Å². The molecular weight excluding hydrogens is 254 g/mol. The Labute approximate surface area is 119 Å². The van der Waals surface area contributed by atoms with Crippen molar-refractivity contribution >= 4 is 5.91 Å². The van der Waals surface area contributed by atoms with Crippen LogP contribution in [0.15, 0.2) is 42.5 Å². The van der Waals surface area contributed by atoms with Gasteiger partial charge in [0, 0.05) is 18.6 Å². The largest absolute Gasteiger partial charge is 0.396 e. The maximum Gasteiger partial charge on any atom is 0.246 e. The third kappa shape index (κ3) is 4.79. The molecule has 0 unspecified atom stereocenters. The Morgan fingerprint density at radius 1 is 1.30 bits per heavy atom. The lowest BCUT2D eigenvalue weighted by Gasteiger charge is -2.12. The van der Waals surface area contributed by atoms with Crippen molar-refractivity contribution < 1.29 is 14.6 Å². The summed E-state index contributed by atoms with van der Waals surface area (Å²) in [6.07, 6.45) is 5.46. The van der Waals surface area contributed by atoms with Crippen molar-refractivity contribution in [3.8, 4) is 0 Å². The highest BCUT2D eigenvalue weighted by atomic mass is 16.5. The molecule has 0 saturated heterocycles. The quantitative estimate of drug-likeness (QED) is 0.582. The molecular formula is C16H21NO3. The lowest BCUT2D eigenvalue weighted by molar-refractivity contribution is -0.126. The maximum absolute atomic E-state index is 11.7. The van der Waals surface area contributed by atoms with Gasteiger partial charge < -0.3 is 15.2 Å². The van der Waals surface area contributed by atoms with Gasteiger partial charge in [-0.15, -0.1) is 0 Å². The summed E-state index contributed by atoms with van der Waals surface area (Å²) < 4.78 is 5.38. The summed E-state index contributed by atoms with van der Waals surface area (Å²) in [7, 11) is 0. The number of aliphatic hydroxyl groups is 1. The van der Waals surface area contributed by atoms with E-state index in [0.29, 0.717) is 6.61 Å². The lowest BCUT2D eigenvalue weighted by atomic mass is 10.1. The first kappa shape index (κ1) is 14.8. The number of nitrogens with one attached hydrogen (secondary N) is 1. The highest BCUT2D eigenvalue weighted by Gasteiger charge is 2.19. The summed E-state index contributed by atoms with van der Waals surface area (Å²) in [5.41, 5.74) is 1.21. The van der Waals surface area contributed by atoms with E-state index in [4.69, 9.17) is 9.84 Å². The van der Waals surface area contributed by atoms with Crippen molar-refractivity contribution in [2.75, 3.05) is 19.8 Å². The van der Waals surface area contributed by atoms with E-state index >= 15 is 0 Å². The first-order chi connectivity index (χ1) is 9.78. The minimum absolute atomic E-state index is 0.0253.